The quantitative estimate of drug-likeness (QED) is 0.518. The summed E-state index contributed by atoms with van der Waals surface area (Å²) >= 11 is 0. The normalized spacial score (nSPS) is 27.6. The minimum Gasteiger partial charge on any atom is -0.493 e. The first-order chi connectivity index (χ1) is 19.7. The molecule has 3 N–H and O–H groups in total. The Bertz CT molecular complexity index is 1260. The number of carbonyl (C=O) groups is 2. The first kappa shape index (κ1) is 29.4. The molecule has 0 saturated carbocycles. The maximum absolute atomic E-state index is 14.6. The summed E-state index contributed by atoms with van der Waals surface area (Å²) in [5.74, 6) is -1.11. The van der Waals surface area contributed by atoms with Gasteiger partial charge in [0.05, 0.1) is 30.4 Å². The molecule has 5 rings (SSSR count). The van der Waals surface area contributed by atoms with Crippen LogP contribution in [0.1, 0.15) is 56.3 Å². The second kappa shape index (κ2) is 12.8. The molecule has 2 amide bonds. The molecule has 5 atom stereocenters. The lowest BCUT2D eigenvalue weighted by atomic mass is 9.99. The highest BCUT2D eigenvalue weighted by atomic mass is 19.1. The number of aliphatic hydroxyl groups excluding tert-OH is 1. The van der Waals surface area contributed by atoms with Gasteiger partial charge in [0.2, 0.25) is 5.91 Å². The average Bonchev–Trinajstić information content (AvgIpc) is 3.34. The van der Waals surface area contributed by atoms with Gasteiger partial charge in [0.25, 0.3) is 5.91 Å². The van der Waals surface area contributed by atoms with Gasteiger partial charge in [0.15, 0.2) is 0 Å². The van der Waals surface area contributed by atoms with Crippen LogP contribution in [0.5, 0.6) is 5.75 Å². The van der Waals surface area contributed by atoms with Crippen molar-refractivity contribution in [1.82, 2.24) is 15.5 Å². The highest BCUT2D eigenvalue weighted by Crippen LogP contribution is 2.31. The number of hydrogen-bond acceptors (Lipinski definition) is 6. The predicted molar refractivity (Wildman–Crippen MR) is 150 cm³/mol. The van der Waals surface area contributed by atoms with E-state index in [1.165, 1.54) is 12.1 Å². The molecule has 3 aliphatic rings. The van der Waals surface area contributed by atoms with Crippen LogP contribution in [0, 0.1) is 17.6 Å². The molecule has 10 heteroatoms. The number of halogens is 2. The highest BCUT2D eigenvalue weighted by molar-refractivity contribution is 5.98. The SMILES string of the molecule is CC(C)CCN1C[C@@H]2C[C@H]1C(=O)NC[C@H]1O[C@H](CCOc3cc(-c4ccc(F)cc4F)ccc3C(=O)N2)CC[C@@H]1O. The molecule has 2 saturated heterocycles. The van der Waals surface area contributed by atoms with Crippen LogP contribution in [0.2, 0.25) is 0 Å². The molecular weight excluding hydrogens is 532 g/mol. The van der Waals surface area contributed by atoms with Crippen LogP contribution < -0.4 is 15.4 Å². The lowest BCUT2D eigenvalue weighted by molar-refractivity contribution is -0.133. The fourth-order valence-corrected chi connectivity index (χ4v) is 5.90. The zero-order chi connectivity index (χ0) is 29.1. The van der Waals surface area contributed by atoms with Gasteiger partial charge < -0.3 is 25.2 Å². The first-order valence-corrected chi connectivity index (χ1v) is 14.6. The van der Waals surface area contributed by atoms with Crippen LogP contribution in [0.4, 0.5) is 8.78 Å². The number of rotatable bonds is 4. The maximum atomic E-state index is 14.6. The number of nitrogens with one attached hydrogen (secondary N) is 2. The molecule has 2 fully saturated rings. The Hall–Kier alpha value is -3.08. The number of nitrogens with zero attached hydrogens (tertiary/aromatic N) is 1. The summed E-state index contributed by atoms with van der Waals surface area (Å²) in [7, 11) is 0. The van der Waals surface area contributed by atoms with E-state index in [2.05, 4.69) is 29.4 Å². The van der Waals surface area contributed by atoms with E-state index < -0.39 is 29.9 Å². The second-order valence-electron chi connectivity index (χ2n) is 11.8. The van der Waals surface area contributed by atoms with Crippen molar-refractivity contribution in [2.24, 2.45) is 5.92 Å². The third kappa shape index (κ3) is 7.05. The van der Waals surface area contributed by atoms with Crippen molar-refractivity contribution in [2.45, 2.75) is 76.3 Å². The first-order valence-electron chi connectivity index (χ1n) is 14.6. The van der Waals surface area contributed by atoms with Crippen LogP contribution in [0.15, 0.2) is 36.4 Å². The van der Waals surface area contributed by atoms with Gasteiger partial charge in [-0.25, -0.2) is 8.78 Å². The molecule has 8 nitrogen and oxygen atoms in total. The van der Waals surface area contributed by atoms with Crippen molar-refractivity contribution < 1.29 is 33.0 Å². The zero-order valence-electron chi connectivity index (χ0n) is 23.6. The van der Waals surface area contributed by atoms with Crippen molar-refractivity contribution in [3.8, 4) is 16.9 Å². The number of aliphatic hydroxyl groups is 1. The number of ether oxygens (including phenoxy) is 2. The summed E-state index contributed by atoms with van der Waals surface area (Å²) in [5, 5.41) is 16.6. The minimum atomic E-state index is -0.709. The third-order valence-corrected chi connectivity index (χ3v) is 8.26. The van der Waals surface area contributed by atoms with Crippen LogP contribution in [-0.2, 0) is 9.53 Å². The van der Waals surface area contributed by atoms with Crippen LogP contribution in [0.25, 0.3) is 11.1 Å². The van der Waals surface area contributed by atoms with E-state index in [9.17, 15) is 23.5 Å². The number of fused-ring (bicyclic) bond motifs is 5. The molecule has 4 bridgehead atoms. The Labute approximate surface area is 239 Å². The lowest BCUT2D eigenvalue weighted by Crippen LogP contribution is -2.50. The molecular formula is C31H39F2N3O5. The smallest absolute Gasteiger partial charge is 0.255 e. The fourth-order valence-electron chi connectivity index (χ4n) is 5.90. The average molecular weight is 572 g/mol. The number of benzene rings is 2. The number of hydrogen-bond donors (Lipinski definition) is 3. The lowest BCUT2D eigenvalue weighted by Gasteiger charge is -2.34. The molecule has 0 aliphatic carbocycles. The molecule has 0 aromatic heterocycles. The van der Waals surface area contributed by atoms with Gasteiger partial charge in [-0.05, 0) is 68.0 Å². The molecule has 0 radical (unpaired) electrons. The predicted octanol–water partition coefficient (Wildman–Crippen LogP) is 3.66. The molecule has 41 heavy (non-hydrogen) atoms. The summed E-state index contributed by atoms with van der Waals surface area (Å²) in [4.78, 5) is 28.9. The van der Waals surface area contributed by atoms with E-state index in [1.54, 1.807) is 18.2 Å². The van der Waals surface area contributed by atoms with E-state index in [4.69, 9.17) is 9.47 Å². The van der Waals surface area contributed by atoms with Gasteiger partial charge in [-0.15, -0.1) is 0 Å². The molecule has 222 valence electrons. The standard InChI is InChI=1S/C31H39F2N3O5/c1-18(2)9-11-36-17-21-15-26(36)31(39)34-16-29-27(37)8-5-22(41-29)10-12-40-28-13-19(3-6-24(28)30(38)35-21)23-7-4-20(32)14-25(23)33/h3-4,6-7,13-14,18,21-22,26-27,29,37H,5,8-12,15-17H2,1-2H3,(H,34,39)(H,35,38)/t21-,22-,26-,27-,29+/m0/s1. The summed E-state index contributed by atoms with van der Waals surface area (Å²) in [6, 6.07) is 7.50. The zero-order valence-corrected chi connectivity index (χ0v) is 23.6. The highest BCUT2D eigenvalue weighted by Gasteiger charge is 2.39. The molecule has 0 unspecified atom stereocenters. The minimum absolute atomic E-state index is 0.134. The van der Waals surface area contributed by atoms with E-state index in [0.717, 1.165) is 19.0 Å². The number of likely N-dealkylation sites (tertiary alicyclic amines) is 1. The molecule has 3 aliphatic heterocycles. The van der Waals surface area contributed by atoms with Crippen molar-refractivity contribution >= 4 is 11.8 Å². The summed E-state index contributed by atoms with van der Waals surface area (Å²) in [5.41, 5.74) is 0.948. The van der Waals surface area contributed by atoms with E-state index in [0.29, 0.717) is 49.3 Å². The maximum Gasteiger partial charge on any atom is 0.255 e. The topological polar surface area (TPSA) is 100 Å². The van der Waals surface area contributed by atoms with Gasteiger partial charge in [0, 0.05) is 37.2 Å². The molecule has 2 aromatic rings. The van der Waals surface area contributed by atoms with E-state index in [-0.39, 0.29) is 48.4 Å². The van der Waals surface area contributed by atoms with Crippen molar-refractivity contribution in [1.29, 1.82) is 0 Å². The third-order valence-electron chi connectivity index (χ3n) is 8.26. The van der Waals surface area contributed by atoms with E-state index in [1.807, 2.05) is 0 Å². The van der Waals surface area contributed by atoms with Crippen LogP contribution in [0.3, 0.4) is 0 Å². The van der Waals surface area contributed by atoms with Crippen molar-refractivity contribution in [3.63, 3.8) is 0 Å². The second-order valence-corrected chi connectivity index (χ2v) is 11.8. The fraction of sp³-hybridized carbons (Fsp3) is 0.548. The summed E-state index contributed by atoms with van der Waals surface area (Å²) in [6.07, 6.45) is 1.65. The summed E-state index contributed by atoms with van der Waals surface area (Å²) in [6.45, 7) is 5.94. The van der Waals surface area contributed by atoms with Crippen molar-refractivity contribution in [2.75, 3.05) is 26.2 Å². The van der Waals surface area contributed by atoms with Gasteiger partial charge in [0.1, 0.15) is 23.5 Å². The Kier molecular flexibility index (Phi) is 9.21. The number of amides is 2. The van der Waals surface area contributed by atoms with Gasteiger partial charge >= 0.3 is 0 Å². The molecule has 2 aromatic carbocycles. The molecule has 3 heterocycles. The number of carbonyl (C=O) groups excluding carboxylic acids is 2. The van der Waals surface area contributed by atoms with E-state index >= 15 is 0 Å². The Morgan fingerprint density at radius 2 is 1.88 bits per heavy atom. The Morgan fingerprint density at radius 1 is 1.07 bits per heavy atom. The molecule has 0 spiro atoms. The van der Waals surface area contributed by atoms with Gasteiger partial charge in [-0.3, -0.25) is 14.5 Å². The van der Waals surface area contributed by atoms with Crippen LogP contribution >= 0.6 is 0 Å². The Morgan fingerprint density at radius 3 is 2.66 bits per heavy atom. The summed E-state index contributed by atoms with van der Waals surface area (Å²) < 4.78 is 40.4. The largest absolute Gasteiger partial charge is 0.493 e. The Balaban J connectivity index is 1.44. The monoisotopic (exact) mass is 571 g/mol. The van der Waals surface area contributed by atoms with Gasteiger partial charge in [-0.2, -0.15) is 0 Å². The van der Waals surface area contributed by atoms with Gasteiger partial charge in [-0.1, -0.05) is 19.9 Å². The van der Waals surface area contributed by atoms with Crippen LogP contribution in [-0.4, -0.2) is 78.5 Å². The van der Waals surface area contributed by atoms with Crippen molar-refractivity contribution in [3.05, 3.63) is 53.6 Å².